The van der Waals surface area contributed by atoms with E-state index in [-0.39, 0.29) is 11.3 Å². The quantitative estimate of drug-likeness (QED) is 0.555. The number of thiophene rings is 1. The highest BCUT2D eigenvalue weighted by molar-refractivity contribution is 7.19. The zero-order chi connectivity index (χ0) is 22.5. The first-order valence-electron chi connectivity index (χ1n) is 10.9. The molecule has 0 fully saturated rings. The molecule has 0 radical (unpaired) electrons. The van der Waals surface area contributed by atoms with E-state index in [9.17, 15) is 9.59 Å². The van der Waals surface area contributed by atoms with Crippen LogP contribution in [0.15, 0.2) is 23.1 Å². The van der Waals surface area contributed by atoms with Gasteiger partial charge in [0.15, 0.2) is 5.78 Å². The van der Waals surface area contributed by atoms with Crippen LogP contribution in [0.3, 0.4) is 0 Å². The van der Waals surface area contributed by atoms with Crippen molar-refractivity contribution >= 4 is 27.3 Å². The first-order chi connectivity index (χ1) is 14.6. The summed E-state index contributed by atoms with van der Waals surface area (Å²) in [6, 6.07) is 3.45. The van der Waals surface area contributed by atoms with E-state index in [4.69, 9.17) is 9.72 Å². The molecule has 3 aromatic rings. The highest BCUT2D eigenvalue weighted by Crippen LogP contribution is 2.45. The predicted molar refractivity (Wildman–Crippen MR) is 126 cm³/mol. The maximum Gasteiger partial charge on any atom is 0.250 e. The standard InChI is InChI=1S/C25H30N2O3S/c1-14-20(23(15(2)28)30-25(3,4)5)21(16-11-12-19(29)27(6)13-16)22-17-9-7-8-10-18(17)31-24(22)26-14/h11-13,23H,7-10H2,1-6H3. The summed E-state index contributed by atoms with van der Waals surface area (Å²) in [5, 5.41) is 1.13. The summed E-state index contributed by atoms with van der Waals surface area (Å²) in [5.41, 5.74) is 4.33. The van der Waals surface area contributed by atoms with Crippen molar-refractivity contribution in [2.75, 3.05) is 0 Å². The number of rotatable bonds is 4. The third-order valence-electron chi connectivity index (χ3n) is 5.81. The van der Waals surface area contributed by atoms with Crippen LogP contribution in [0, 0.1) is 6.92 Å². The molecule has 1 aliphatic carbocycles. The van der Waals surface area contributed by atoms with Crippen molar-refractivity contribution in [1.82, 2.24) is 9.55 Å². The van der Waals surface area contributed by atoms with E-state index >= 15 is 0 Å². The molecule has 0 aromatic carbocycles. The molecule has 0 spiro atoms. The molecule has 0 N–H and O–H groups in total. The lowest BCUT2D eigenvalue weighted by atomic mass is 9.87. The van der Waals surface area contributed by atoms with Crippen LogP contribution in [0.5, 0.6) is 0 Å². The van der Waals surface area contributed by atoms with E-state index in [1.807, 2.05) is 40.0 Å². The molecule has 6 heteroatoms. The number of aromatic nitrogens is 2. The summed E-state index contributed by atoms with van der Waals surface area (Å²) in [4.78, 5) is 32.3. The number of nitrogens with zero attached hydrogens (tertiary/aromatic N) is 2. The first-order valence-corrected chi connectivity index (χ1v) is 11.7. The molecule has 3 aromatic heterocycles. The average Bonchev–Trinajstić information content (AvgIpc) is 3.04. The molecule has 164 valence electrons. The molecule has 1 aliphatic rings. The van der Waals surface area contributed by atoms with Crippen molar-refractivity contribution in [3.8, 4) is 11.1 Å². The van der Waals surface area contributed by atoms with Crippen molar-refractivity contribution in [3.63, 3.8) is 0 Å². The van der Waals surface area contributed by atoms with Crippen LogP contribution in [0.2, 0.25) is 0 Å². The zero-order valence-electron chi connectivity index (χ0n) is 19.2. The van der Waals surface area contributed by atoms with E-state index in [0.717, 1.165) is 51.9 Å². The molecule has 0 saturated carbocycles. The molecule has 4 rings (SSSR count). The number of hydrogen-bond acceptors (Lipinski definition) is 5. The van der Waals surface area contributed by atoms with Crippen LogP contribution in [-0.4, -0.2) is 20.9 Å². The van der Waals surface area contributed by atoms with Gasteiger partial charge in [-0.25, -0.2) is 4.98 Å². The number of ether oxygens (including phenoxy) is 1. The van der Waals surface area contributed by atoms with Gasteiger partial charge in [-0.15, -0.1) is 11.3 Å². The van der Waals surface area contributed by atoms with Gasteiger partial charge in [-0.1, -0.05) is 0 Å². The lowest BCUT2D eigenvalue weighted by Gasteiger charge is -2.29. The van der Waals surface area contributed by atoms with Crippen LogP contribution in [-0.2, 0) is 29.4 Å². The topological polar surface area (TPSA) is 61.2 Å². The van der Waals surface area contributed by atoms with Crippen molar-refractivity contribution in [2.24, 2.45) is 7.05 Å². The molecule has 0 bridgehead atoms. The van der Waals surface area contributed by atoms with Crippen molar-refractivity contribution < 1.29 is 9.53 Å². The van der Waals surface area contributed by atoms with E-state index in [0.29, 0.717) is 0 Å². The summed E-state index contributed by atoms with van der Waals surface area (Å²) in [6.45, 7) is 9.42. The third kappa shape index (κ3) is 4.11. The molecule has 31 heavy (non-hydrogen) atoms. The number of carbonyl (C=O) groups excluding carboxylic acids is 1. The van der Waals surface area contributed by atoms with E-state index < -0.39 is 11.7 Å². The van der Waals surface area contributed by atoms with Crippen LogP contribution in [0.1, 0.15) is 68.3 Å². The summed E-state index contributed by atoms with van der Waals surface area (Å²) >= 11 is 1.77. The number of carbonyl (C=O) groups is 1. The van der Waals surface area contributed by atoms with Gasteiger partial charge in [-0.2, -0.15) is 0 Å². The molecule has 3 heterocycles. The van der Waals surface area contributed by atoms with Gasteiger partial charge in [-0.3, -0.25) is 9.59 Å². The maximum atomic E-state index is 12.8. The normalized spacial score (nSPS) is 15.2. The minimum absolute atomic E-state index is 0.0469. The summed E-state index contributed by atoms with van der Waals surface area (Å²) in [5.74, 6) is -0.0469. The van der Waals surface area contributed by atoms with Crippen LogP contribution in [0.25, 0.3) is 21.3 Å². The number of fused-ring (bicyclic) bond motifs is 3. The van der Waals surface area contributed by atoms with Gasteiger partial charge in [0.05, 0.1) is 5.60 Å². The monoisotopic (exact) mass is 438 g/mol. The van der Waals surface area contributed by atoms with Gasteiger partial charge >= 0.3 is 0 Å². The van der Waals surface area contributed by atoms with Crippen molar-refractivity contribution in [3.05, 3.63) is 50.4 Å². The van der Waals surface area contributed by atoms with Gasteiger partial charge in [0.1, 0.15) is 10.9 Å². The molecule has 0 saturated heterocycles. The second-order valence-corrected chi connectivity index (χ2v) is 10.5. The number of Topliss-reactive ketones (excluding diaryl/α,β-unsaturated/α-hetero) is 1. The van der Waals surface area contributed by atoms with Crippen LogP contribution in [0.4, 0.5) is 0 Å². The van der Waals surface area contributed by atoms with Crippen molar-refractivity contribution in [1.29, 1.82) is 0 Å². The molecular weight excluding hydrogens is 408 g/mol. The predicted octanol–water partition coefficient (Wildman–Crippen LogP) is 5.29. The number of ketones is 1. The summed E-state index contributed by atoms with van der Waals surface area (Å²) in [6.07, 6.45) is 5.59. The number of pyridine rings is 2. The summed E-state index contributed by atoms with van der Waals surface area (Å²) < 4.78 is 7.89. The highest BCUT2D eigenvalue weighted by atomic mass is 32.1. The summed E-state index contributed by atoms with van der Waals surface area (Å²) in [7, 11) is 1.76. The minimum Gasteiger partial charge on any atom is -0.360 e. The molecular formula is C25H30N2O3S. The van der Waals surface area contributed by atoms with Crippen LogP contribution >= 0.6 is 11.3 Å². The Bertz CT molecular complexity index is 1230. The smallest absolute Gasteiger partial charge is 0.250 e. The molecule has 1 unspecified atom stereocenters. The van der Waals surface area contributed by atoms with Gasteiger partial charge in [0.25, 0.3) is 0 Å². The Kier molecular flexibility index (Phi) is 5.64. The Morgan fingerprint density at radius 3 is 2.58 bits per heavy atom. The SMILES string of the molecule is CC(=O)C(OC(C)(C)C)c1c(C)nc2sc3c(c2c1-c1ccc(=O)n(C)c1)CCCC3. The second-order valence-electron chi connectivity index (χ2n) is 9.46. The Hall–Kier alpha value is -2.31. The zero-order valence-corrected chi connectivity index (χ0v) is 20.0. The number of hydrogen-bond donors (Lipinski definition) is 0. The Morgan fingerprint density at radius 2 is 1.94 bits per heavy atom. The van der Waals surface area contributed by atoms with Gasteiger partial charge < -0.3 is 9.30 Å². The van der Waals surface area contributed by atoms with E-state index in [1.54, 1.807) is 35.9 Å². The fourth-order valence-corrected chi connectivity index (χ4v) is 5.79. The number of aryl methyl sites for hydroxylation is 4. The average molecular weight is 439 g/mol. The minimum atomic E-state index is -0.719. The van der Waals surface area contributed by atoms with Gasteiger partial charge in [0.2, 0.25) is 5.56 Å². The van der Waals surface area contributed by atoms with Gasteiger partial charge in [-0.05, 0) is 77.5 Å². The van der Waals surface area contributed by atoms with Crippen LogP contribution < -0.4 is 5.56 Å². The Morgan fingerprint density at radius 1 is 1.23 bits per heavy atom. The molecule has 0 aliphatic heterocycles. The van der Waals surface area contributed by atoms with Crippen molar-refractivity contribution in [2.45, 2.75) is 72.0 Å². The largest absolute Gasteiger partial charge is 0.360 e. The second kappa shape index (κ2) is 7.99. The van der Waals surface area contributed by atoms with Gasteiger partial charge in [0, 0.05) is 46.4 Å². The lowest BCUT2D eigenvalue weighted by Crippen LogP contribution is -2.27. The Balaban J connectivity index is 2.11. The van der Waals surface area contributed by atoms with E-state index in [2.05, 4.69) is 0 Å². The molecule has 0 amide bonds. The fraction of sp³-hybridized carbons (Fsp3) is 0.480. The maximum absolute atomic E-state index is 12.8. The lowest BCUT2D eigenvalue weighted by molar-refractivity contribution is -0.138. The fourth-order valence-electron chi connectivity index (χ4n) is 4.48. The third-order valence-corrected chi connectivity index (χ3v) is 6.99. The molecule has 1 atom stereocenters. The molecule has 5 nitrogen and oxygen atoms in total. The highest BCUT2D eigenvalue weighted by Gasteiger charge is 2.32. The van der Waals surface area contributed by atoms with E-state index in [1.165, 1.54) is 16.9 Å². The first kappa shape index (κ1) is 21.9. The Labute approximate surface area is 187 Å².